The fourth-order valence-corrected chi connectivity index (χ4v) is 5.41. The Hall–Kier alpha value is -2.32. The Kier molecular flexibility index (Phi) is 7.20. The maximum Gasteiger partial charge on any atom is 0.237 e. The van der Waals surface area contributed by atoms with Crippen LogP contribution in [0.5, 0.6) is 0 Å². The van der Waals surface area contributed by atoms with Gasteiger partial charge in [0, 0.05) is 17.9 Å². The lowest BCUT2D eigenvalue weighted by Gasteiger charge is -2.23. The standard InChI is InChI=1S/C22H26N2O4S2/c1-3-19-22(26)24-18-14-17(8-9-20(18)29-19)30(27,28)13-11-21(25)23-12-10-16-6-4-15(2)5-7-16/h4-9,14,19H,3,10-13H2,1-2H3,(H,23,25)(H,24,26). The summed E-state index contributed by atoms with van der Waals surface area (Å²) in [4.78, 5) is 25.1. The Morgan fingerprint density at radius 3 is 2.60 bits per heavy atom. The lowest BCUT2D eigenvalue weighted by atomic mass is 10.1. The number of carbonyl (C=O) groups is 2. The van der Waals surface area contributed by atoms with Crippen LogP contribution in [-0.2, 0) is 25.8 Å². The van der Waals surface area contributed by atoms with Gasteiger partial charge in [0.15, 0.2) is 9.84 Å². The molecule has 160 valence electrons. The van der Waals surface area contributed by atoms with Gasteiger partial charge in [0.1, 0.15) is 0 Å². The van der Waals surface area contributed by atoms with E-state index in [0.29, 0.717) is 25.1 Å². The first kappa shape index (κ1) is 22.4. The van der Waals surface area contributed by atoms with Crippen molar-refractivity contribution < 1.29 is 18.0 Å². The molecule has 6 nitrogen and oxygen atoms in total. The van der Waals surface area contributed by atoms with Crippen molar-refractivity contribution in [2.45, 2.75) is 48.2 Å². The van der Waals surface area contributed by atoms with E-state index in [9.17, 15) is 18.0 Å². The van der Waals surface area contributed by atoms with Crippen LogP contribution in [0.4, 0.5) is 5.69 Å². The number of sulfone groups is 1. The second-order valence-corrected chi connectivity index (χ2v) is 10.7. The van der Waals surface area contributed by atoms with E-state index in [2.05, 4.69) is 10.6 Å². The van der Waals surface area contributed by atoms with E-state index in [1.54, 1.807) is 12.1 Å². The predicted molar refractivity (Wildman–Crippen MR) is 120 cm³/mol. The molecule has 0 aromatic heterocycles. The highest BCUT2D eigenvalue weighted by atomic mass is 32.2. The van der Waals surface area contributed by atoms with Crippen LogP contribution in [0.1, 0.15) is 30.9 Å². The Morgan fingerprint density at radius 2 is 1.90 bits per heavy atom. The van der Waals surface area contributed by atoms with Crippen LogP contribution in [0.2, 0.25) is 0 Å². The van der Waals surface area contributed by atoms with E-state index in [-0.39, 0.29) is 34.1 Å². The Morgan fingerprint density at radius 1 is 1.17 bits per heavy atom. The summed E-state index contributed by atoms with van der Waals surface area (Å²) in [6, 6.07) is 12.8. The van der Waals surface area contributed by atoms with Gasteiger partial charge in [-0.1, -0.05) is 36.8 Å². The molecule has 0 saturated carbocycles. The van der Waals surface area contributed by atoms with Crippen molar-refractivity contribution in [3.8, 4) is 0 Å². The zero-order valence-electron chi connectivity index (χ0n) is 17.1. The lowest BCUT2D eigenvalue weighted by molar-refractivity contribution is -0.120. The van der Waals surface area contributed by atoms with Gasteiger partial charge in [-0.15, -0.1) is 11.8 Å². The monoisotopic (exact) mass is 446 g/mol. The van der Waals surface area contributed by atoms with Gasteiger partial charge in [-0.05, 0) is 43.5 Å². The number of thioether (sulfide) groups is 1. The van der Waals surface area contributed by atoms with E-state index in [1.807, 2.05) is 38.1 Å². The molecule has 2 N–H and O–H groups in total. The molecular formula is C22H26N2O4S2. The largest absolute Gasteiger partial charge is 0.356 e. The molecule has 3 rings (SSSR count). The van der Waals surface area contributed by atoms with Gasteiger partial charge in [0.25, 0.3) is 0 Å². The number of aryl methyl sites for hydroxylation is 1. The number of hydrogen-bond donors (Lipinski definition) is 2. The molecule has 1 atom stereocenters. The Balaban J connectivity index is 1.53. The highest BCUT2D eigenvalue weighted by Crippen LogP contribution is 2.38. The summed E-state index contributed by atoms with van der Waals surface area (Å²) >= 11 is 1.44. The zero-order valence-corrected chi connectivity index (χ0v) is 18.7. The van der Waals surface area contributed by atoms with Crippen LogP contribution in [0.15, 0.2) is 52.3 Å². The summed E-state index contributed by atoms with van der Waals surface area (Å²) in [5, 5.41) is 5.39. The summed E-state index contributed by atoms with van der Waals surface area (Å²) in [6.45, 7) is 4.42. The number of hydrogen-bond acceptors (Lipinski definition) is 5. The molecule has 1 aliphatic rings. The van der Waals surface area contributed by atoms with Crippen LogP contribution >= 0.6 is 11.8 Å². The molecule has 0 bridgehead atoms. The molecule has 0 spiro atoms. The van der Waals surface area contributed by atoms with Crippen LogP contribution in [0, 0.1) is 6.92 Å². The molecule has 1 unspecified atom stereocenters. The van der Waals surface area contributed by atoms with E-state index in [1.165, 1.54) is 23.4 Å². The van der Waals surface area contributed by atoms with E-state index < -0.39 is 9.84 Å². The second kappa shape index (κ2) is 9.66. The molecule has 8 heteroatoms. The fraction of sp³-hybridized carbons (Fsp3) is 0.364. The maximum absolute atomic E-state index is 12.7. The number of carbonyl (C=O) groups excluding carboxylic acids is 2. The predicted octanol–water partition coefficient (Wildman–Crippen LogP) is 3.34. The molecular weight excluding hydrogens is 420 g/mol. The molecule has 0 radical (unpaired) electrons. The Labute approximate surface area is 181 Å². The van der Waals surface area contributed by atoms with E-state index in [4.69, 9.17) is 0 Å². The van der Waals surface area contributed by atoms with Crippen LogP contribution in [0.3, 0.4) is 0 Å². The molecule has 2 aromatic carbocycles. The number of anilines is 1. The summed E-state index contributed by atoms with van der Waals surface area (Å²) < 4.78 is 25.3. The molecule has 1 aliphatic heterocycles. The SMILES string of the molecule is CCC1Sc2ccc(S(=O)(=O)CCC(=O)NCCc3ccc(C)cc3)cc2NC1=O. The van der Waals surface area contributed by atoms with E-state index in [0.717, 1.165) is 10.5 Å². The smallest absolute Gasteiger partial charge is 0.237 e. The third kappa shape index (κ3) is 5.64. The first-order chi connectivity index (χ1) is 14.3. The minimum atomic E-state index is -3.63. The normalized spacial score (nSPS) is 15.9. The third-order valence-electron chi connectivity index (χ3n) is 4.95. The Bertz CT molecular complexity index is 1030. The molecule has 0 aliphatic carbocycles. The highest BCUT2D eigenvalue weighted by molar-refractivity contribution is 8.01. The van der Waals surface area contributed by atoms with Gasteiger partial charge < -0.3 is 10.6 Å². The van der Waals surface area contributed by atoms with Gasteiger partial charge in [-0.3, -0.25) is 9.59 Å². The maximum atomic E-state index is 12.7. The van der Waals surface area contributed by atoms with Crippen molar-refractivity contribution in [2.24, 2.45) is 0 Å². The molecule has 2 aromatic rings. The molecule has 0 saturated heterocycles. The van der Waals surface area contributed by atoms with Crippen molar-refractivity contribution in [1.29, 1.82) is 0 Å². The third-order valence-corrected chi connectivity index (χ3v) is 8.11. The number of rotatable bonds is 8. The molecule has 2 amide bonds. The molecule has 1 heterocycles. The van der Waals surface area contributed by atoms with Crippen molar-refractivity contribution in [3.63, 3.8) is 0 Å². The number of nitrogens with one attached hydrogen (secondary N) is 2. The van der Waals surface area contributed by atoms with Gasteiger partial charge in [-0.25, -0.2) is 8.42 Å². The van der Waals surface area contributed by atoms with Gasteiger partial charge >= 0.3 is 0 Å². The van der Waals surface area contributed by atoms with Crippen LogP contribution in [0.25, 0.3) is 0 Å². The summed E-state index contributed by atoms with van der Waals surface area (Å²) in [5.41, 5.74) is 2.81. The van der Waals surface area contributed by atoms with Crippen molar-refractivity contribution in [1.82, 2.24) is 5.32 Å². The first-order valence-electron chi connectivity index (χ1n) is 9.95. The average Bonchev–Trinajstić information content (AvgIpc) is 2.73. The summed E-state index contributed by atoms with van der Waals surface area (Å²) in [5.74, 6) is -0.684. The minimum absolute atomic E-state index is 0.105. The van der Waals surface area contributed by atoms with Gasteiger partial charge in [0.2, 0.25) is 11.8 Å². The highest BCUT2D eigenvalue weighted by Gasteiger charge is 2.27. The molecule has 0 fully saturated rings. The summed E-state index contributed by atoms with van der Waals surface area (Å²) in [7, 11) is -3.63. The number of fused-ring (bicyclic) bond motifs is 1. The topological polar surface area (TPSA) is 92.3 Å². The zero-order chi connectivity index (χ0) is 21.7. The lowest BCUT2D eigenvalue weighted by Crippen LogP contribution is -2.29. The van der Waals surface area contributed by atoms with E-state index >= 15 is 0 Å². The van der Waals surface area contributed by atoms with Gasteiger partial charge in [0.05, 0.1) is 21.6 Å². The second-order valence-electron chi connectivity index (χ2n) is 7.32. The van der Waals surface area contributed by atoms with Crippen molar-refractivity contribution in [2.75, 3.05) is 17.6 Å². The molecule has 30 heavy (non-hydrogen) atoms. The van der Waals surface area contributed by atoms with Crippen LogP contribution < -0.4 is 10.6 Å². The van der Waals surface area contributed by atoms with Crippen LogP contribution in [-0.4, -0.2) is 37.8 Å². The number of benzene rings is 2. The van der Waals surface area contributed by atoms with Gasteiger partial charge in [-0.2, -0.15) is 0 Å². The first-order valence-corrected chi connectivity index (χ1v) is 12.5. The van der Waals surface area contributed by atoms with Crippen molar-refractivity contribution in [3.05, 3.63) is 53.6 Å². The van der Waals surface area contributed by atoms with Crippen molar-refractivity contribution >= 4 is 39.1 Å². The quantitative estimate of drug-likeness (QED) is 0.649. The fourth-order valence-electron chi connectivity index (χ4n) is 3.13. The minimum Gasteiger partial charge on any atom is -0.356 e. The average molecular weight is 447 g/mol. The summed E-state index contributed by atoms with van der Waals surface area (Å²) in [6.07, 6.45) is 1.29. The number of amides is 2.